The van der Waals surface area contributed by atoms with Gasteiger partial charge in [0.05, 0.1) is 6.61 Å². The predicted molar refractivity (Wildman–Crippen MR) is 141 cm³/mol. The number of nitrogens with one attached hydrogen (secondary N) is 1. The number of benzene rings is 1. The van der Waals surface area contributed by atoms with E-state index in [-0.39, 0.29) is 23.5 Å². The first-order chi connectivity index (χ1) is 16.0. The van der Waals surface area contributed by atoms with Crippen molar-refractivity contribution in [2.75, 3.05) is 26.3 Å². The molecule has 1 N–H and O–H groups in total. The Morgan fingerprint density at radius 3 is 2.50 bits per heavy atom. The van der Waals surface area contributed by atoms with Gasteiger partial charge in [-0.05, 0) is 55.4 Å². The number of esters is 1. The second-order valence-corrected chi connectivity index (χ2v) is 15.1. The molecule has 0 bridgehead atoms. The number of amides is 1. The summed E-state index contributed by atoms with van der Waals surface area (Å²) in [6.07, 6.45) is 6.20. The van der Waals surface area contributed by atoms with Crippen LogP contribution >= 0.6 is 0 Å². The summed E-state index contributed by atoms with van der Waals surface area (Å²) >= 11 is 0. The van der Waals surface area contributed by atoms with Crippen LogP contribution in [0.2, 0.25) is 18.1 Å². The summed E-state index contributed by atoms with van der Waals surface area (Å²) in [5.74, 6) is -0.462. The Morgan fingerprint density at radius 2 is 1.85 bits per heavy atom. The van der Waals surface area contributed by atoms with Crippen LogP contribution in [0.4, 0.5) is 0 Å². The number of para-hydroxylation sites is 1. The molecule has 1 amide bonds. The van der Waals surface area contributed by atoms with E-state index < -0.39 is 14.3 Å². The van der Waals surface area contributed by atoms with E-state index in [1.54, 1.807) is 6.92 Å². The monoisotopic (exact) mass is 486 g/mol. The van der Waals surface area contributed by atoms with Crippen molar-refractivity contribution in [2.45, 2.75) is 65.6 Å². The van der Waals surface area contributed by atoms with E-state index in [0.717, 1.165) is 18.4 Å². The summed E-state index contributed by atoms with van der Waals surface area (Å²) < 4.78 is 11.4. The highest BCUT2D eigenvalue weighted by Crippen LogP contribution is 2.37. The zero-order valence-electron chi connectivity index (χ0n) is 21.9. The van der Waals surface area contributed by atoms with Crippen LogP contribution in [0, 0.1) is 5.92 Å². The Morgan fingerprint density at radius 1 is 1.15 bits per heavy atom. The molecule has 1 aromatic heterocycles. The Bertz CT molecular complexity index is 974. The highest BCUT2D eigenvalue weighted by molar-refractivity contribution is 6.74. The number of aromatic nitrogens is 1. The molecule has 7 heteroatoms. The molecule has 0 saturated carbocycles. The lowest BCUT2D eigenvalue weighted by molar-refractivity contribution is -0.137. The van der Waals surface area contributed by atoms with Crippen LogP contribution < -0.4 is 0 Å². The number of hydrogen-bond donors (Lipinski definition) is 1. The Balaban J connectivity index is 2.14. The van der Waals surface area contributed by atoms with Crippen LogP contribution in [-0.4, -0.2) is 56.4 Å². The number of hydrogen-bond acceptors (Lipinski definition) is 4. The molecule has 0 radical (unpaired) electrons. The fraction of sp³-hybridized carbons (Fsp3) is 0.556. The number of rotatable bonds is 12. The van der Waals surface area contributed by atoms with Crippen molar-refractivity contribution in [2.24, 2.45) is 5.92 Å². The predicted octanol–water partition coefficient (Wildman–Crippen LogP) is 5.71. The van der Waals surface area contributed by atoms with E-state index >= 15 is 0 Å². The summed E-state index contributed by atoms with van der Waals surface area (Å²) in [7, 11) is -1.88. The van der Waals surface area contributed by atoms with Crippen LogP contribution in [-0.2, 0) is 25.2 Å². The molecule has 6 nitrogen and oxygen atoms in total. The third-order valence-electron chi connectivity index (χ3n) is 6.83. The van der Waals surface area contributed by atoms with E-state index in [1.807, 2.05) is 23.2 Å². The largest absolute Gasteiger partial charge is 0.463 e. The maximum Gasteiger partial charge on any atom is 0.330 e. The SMILES string of the molecule is CCOC(=O)/C=C/C(=O)N(CCc1c[nH]c2ccccc12)CC(CC)CO[Si](C)(C)C(C)(C)C. The number of aromatic amines is 1. The Labute approximate surface area is 205 Å². The first-order valence-electron chi connectivity index (χ1n) is 12.3. The minimum atomic E-state index is -1.88. The van der Waals surface area contributed by atoms with E-state index in [2.05, 4.69) is 57.9 Å². The quantitative estimate of drug-likeness (QED) is 0.237. The molecule has 0 spiro atoms. The smallest absolute Gasteiger partial charge is 0.330 e. The molecule has 1 aromatic carbocycles. The molecule has 1 unspecified atom stereocenters. The fourth-order valence-electron chi connectivity index (χ4n) is 3.47. The highest BCUT2D eigenvalue weighted by atomic mass is 28.4. The zero-order chi connectivity index (χ0) is 25.4. The summed E-state index contributed by atoms with van der Waals surface area (Å²) in [5, 5.41) is 1.31. The molecule has 2 aromatic rings. The maximum atomic E-state index is 13.1. The molecule has 1 heterocycles. The molecule has 1 atom stereocenters. The van der Waals surface area contributed by atoms with Gasteiger partial charge in [-0.25, -0.2) is 4.79 Å². The second-order valence-electron chi connectivity index (χ2n) is 10.3. The van der Waals surface area contributed by atoms with E-state index in [0.29, 0.717) is 19.7 Å². The van der Waals surface area contributed by atoms with Crippen molar-refractivity contribution < 1.29 is 18.8 Å². The third kappa shape index (κ3) is 7.84. The maximum absolute atomic E-state index is 13.1. The van der Waals surface area contributed by atoms with E-state index in [1.165, 1.54) is 23.1 Å². The minimum absolute atomic E-state index is 0.137. The lowest BCUT2D eigenvalue weighted by Crippen LogP contribution is -2.43. The summed E-state index contributed by atoms with van der Waals surface area (Å²) in [6.45, 7) is 17.1. The van der Waals surface area contributed by atoms with Gasteiger partial charge in [0.2, 0.25) is 5.91 Å². The standard InChI is InChI=1S/C27H42N2O4Si/c1-8-21(20-33-34(6,7)27(3,4)5)19-29(25(30)14-15-26(31)32-9-2)17-16-22-18-28-24-13-11-10-12-23(22)24/h10-15,18,21,28H,8-9,16-17,19-20H2,1-7H3/b15-14+. The summed E-state index contributed by atoms with van der Waals surface area (Å²) in [6, 6.07) is 8.17. The third-order valence-corrected chi connectivity index (χ3v) is 11.3. The molecule has 0 aliphatic heterocycles. The van der Waals surface area contributed by atoms with Crippen molar-refractivity contribution in [3.05, 3.63) is 48.2 Å². The lowest BCUT2D eigenvalue weighted by Gasteiger charge is -2.38. The van der Waals surface area contributed by atoms with Crippen molar-refractivity contribution >= 4 is 31.1 Å². The number of carbonyl (C=O) groups is 2. The average Bonchev–Trinajstić information content (AvgIpc) is 3.19. The van der Waals surface area contributed by atoms with Gasteiger partial charge in [0.1, 0.15) is 0 Å². The van der Waals surface area contributed by atoms with Crippen LogP contribution in [0.25, 0.3) is 10.9 Å². The van der Waals surface area contributed by atoms with Gasteiger partial charge in [0.25, 0.3) is 0 Å². The van der Waals surface area contributed by atoms with Crippen molar-refractivity contribution in [1.29, 1.82) is 0 Å². The summed E-state index contributed by atoms with van der Waals surface area (Å²) in [5.41, 5.74) is 2.26. The van der Waals surface area contributed by atoms with Gasteiger partial charge in [0, 0.05) is 48.9 Å². The van der Waals surface area contributed by atoms with Gasteiger partial charge in [-0.1, -0.05) is 45.9 Å². The van der Waals surface area contributed by atoms with Gasteiger partial charge in [-0.2, -0.15) is 0 Å². The highest BCUT2D eigenvalue weighted by Gasteiger charge is 2.37. The Hall–Kier alpha value is -2.38. The Kier molecular flexibility index (Phi) is 10.1. The number of carbonyl (C=O) groups excluding carboxylic acids is 2. The van der Waals surface area contributed by atoms with Gasteiger partial charge in [-0.15, -0.1) is 0 Å². The molecule has 0 aliphatic carbocycles. The minimum Gasteiger partial charge on any atom is -0.463 e. The molecule has 34 heavy (non-hydrogen) atoms. The van der Waals surface area contributed by atoms with E-state index in [4.69, 9.17) is 9.16 Å². The van der Waals surface area contributed by atoms with Gasteiger partial charge >= 0.3 is 5.97 Å². The van der Waals surface area contributed by atoms with E-state index in [9.17, 15) is 9.59 Å². The number of H-pyrrole nitrogens is 1. The average molecular weight is 487 g/mol. The van der Waals surface area contributed by atoms with Crippen LogP contribution in [0.15, 0.2) is 42.6 Å². The lowest BCUT2D eigenvalue weighted by atomic mass is 10.1. The molecular formula is C27H42N2O4Si. The van der Waals surface area contributed by atoms with Crippen molar-refractivity contribution in [1.82, 2.24) is 9.88 Å². The van der Waals surface area contributed by atoms with Gasteiger partial charge in [0.15, 0.2) is 8.32 Å². The number of fused-ring (bicyclic) bond motifs is 1. The molecule has 0 saturated heterocycles. The zero-order valence-corrected chi connectivity index (χ0v) is 22.9. The molecule has 188 valence electrons. The van der Waals surface area contributed by atoms with Crippen LogP contribution in [0.1, 0.15) is 46.6 Å². The van der Waals surface area contributed by atoms with Crippen LogP contribution in [0.3, 0.4) is 0 Å². The van der Waals surface area contributed by atoms with Crippen molar-refractivity contribution in [3.63, 3.8) is 0 Å². The first kappa shape index (κ1) is 27.9. The molecule has 2 rings (SSSR count). The number of ether oxygens (including phenoxy) is 1. The first-order valence-corrected chi connectivity index (χ1v) is 15.2. The van der Waals surface area contributed by atoms with Gasteiger partial charge in [-0.3, -0.25) is 4.79 Å². The fourth-order valence-corrected chi connectivity index (χ4v) is 4.56. The molecule has 0 aliphatic rings. The topological polar surface area (TPSA) is 71.6 Å². The molecular weight excluding hydrogens is 444 g/mol. The normalized spacial score (nSPS) is 13.4. The summed E-state index contributed by atoms with van der Waals surface area (Å²) in [4.78, 5) is 30.0. The van der Waals surface area contributed by atoms with Crippen molar-refractivity contribution in [3.8, 4) is 0 Å². The van der Waals surface area contributed by atoms with Gasteiger partial charge < -0.3 is 19.0 Å². The second kappa shape index (κ2) is 12.4. The number of nitrogens with zero attached hydrogens (tertiary/aromatic N) is 1. The van der Waals surface area contributed by atoms with Crippen LogP contribution in [0.5, 0.6) is 0 Å². The molecule has 0 fully saturated rings.